The minimum absolute atomic E-state index is 0.0940. The summed E-state index contributed by atoms with van der Waals surface area (Å²) in [5.41, 5.74) is 0.318. The first-order chi connectivity index (χ1) is 13.0. The molecule has 27 heavy (non-hydrogen) atoms. The van der Waals surface area contributed by atoms with Crippen LogP contribution in [-0.4, -0.2) is 48.4 Å². The van der Waals surface area contributed by atoms with E-state index in [0.717, 1.165) is 12.8 Å². The molecule has 0 bridgehead atoms. The molecule has 0 radical (unpaired) electrons. The fourth-order valence-corrected chi connectivity index (χ4v) is 2.86. The van der Waals surface area contributed by atoms with Crippen molar-refractivity contribution < 1.29 is 23.8 Å². The van der Waals surface area contributed by atoms with Gasteiger partial charge in [-0.15, -0.1) is 0 Å². The molecule has 0 aromatic heterocycles. The molecule has 1 aromatic rings. The summed E-state index contributed by atoms with van der Waals surface area (Å²) in [5.74, 6) is 0.0559. The minimum atomic E-state index is -0.672. The van der Waals surface area contributed by atoms with Gasteiger partial charge in [-0.05, 0) is 37.0 Å². The number of carbonyl (C=O) groups excluding carboxylic acids is 2. The van der Waals surface area contributed by atoms with Gasteiger partial charge in [0.05, 0.1) is 25.2 Å². The second kappa shape index (κ2) is 8.96. The number of rotatable bonds is 7. The summed E-state index contributed by atoms with van der Waals surface area (Å²) in [4.78, 5) is 24.0. The summed E-state index contributed by atoms with van der Waals surface area (Å²) in [6.45, 7) is 0.387. The number of amides is 3. The minimum Gasteiger partial charge on any atom is -0.394 e. The molecule has 0 spiro atoms. The third-order valence-corrected chi connectivity index (χ3v) is 4.51. The number of urea groups is 1. The molecule has 1 aliphatic heterocycles. The molecule has 7 nitrogen and oxygen atoms in total. The van der Waals surface area contributed by atoms with Gasteiger partial charge in [-0.3, -0.25) is 4.79 Å². The Balaban J connectivity index is 1.49. The van der Waals surface area contributed by atoms with Crippen molar-refractivity contribution >= 4 is 17.6 Å². The van der Waals surface area contributed by atoms with Gasteiger partial charge >= 0.3 is 6.03 Å². The molecule has 1 aromatic carbocycles. The van der Waals surface area contributed by atoms with Crippen LogP contribution in [0.1, 0.15) is 19.3 Å². The Bertz CT molecular complexity index is 708. The SMILES string of the molecule is O=C(C[C@H]1C=C[C@H](NC(=O)Nc2cccc(F)c2)[C@@H](CO)O1)NCC1CC1. The fraction of sp³-hybridized carbons (Fsp3) is 0.474. The van der Waals surface area contributed by atoms with Crippen LogP contribution in [0.3, 0.4) is 0 Å². The van der Waals surface area contributed by atoms with Gasteiger partial charge in [0, 0.05) is 12.2 Å². The molecular formula is C19H24FN3O4. The van der Waals surface area contributed by atoms with Crippen molar-refractivity contribution in [3.8, 4) is 0 Å². The molecule has 8 heteroatoms. The van der Waals surface area contributed by atoms with E-state index in [-0.39, 0.29) is 18.9 Å². The van der Waals surface area contributed by atoms with Crippen molar-refractivity contribution in [2.24, 2.45) is 5.92 Å². The quantitative estimate of drug-likeness (QED) is 0.542. The van der Waals surface area contributed by atoms with E-state index in [9.17, 15) is 19.1 Å². The predicted octanol–water partition coefficient (Wildman–Crippen LogP) is 1.55. The Morgan fingerprint density at radius 2 is 2.07 bits per heavy atom. The average molecular weight is 377 g/mol. The lowest BCUT2D eigenvalue weighted by Gasteiger charge is -2.31. The Labute approximate surface area is 157 Å². The zero-order chi connectivity index (χ0) is 19.2. The molecule has 0 saturated heterocycles. The zero-order valence-corrected chi connectivity index (χ0v) is 14.9. The Kier molecular flexibility index (Phi) is 6.41. The standard InChI is InChI=1S/C19H24FN3O4/c20-13-2-1-3-14(8-13)22-19(26)23-16-7-6-15(27-17(16)11-24)9-18(25)21-10-12-4-5-12/h1-3,6-8,12,15-17,24H,4-5,9-11H2,(H,21,25)(H2,22,23,26)/t15-,16+,17-/m1/s1. The maximum Gasteiger partial charge on any atom is 0.319 e. The lowest BCUT2D eigenvalue weighted by molar-refractivity contribution is -0.125. The van der Waals surface area contributed by atoms with Gasteiger partial charge in [0.15, 0.2) is 0 Å². The summed E-state index contributed by atoms with van der Waals surface area (Å²) in [6.07, 6.45) is 4.78. The first kappa shape index (κ1) is 19.3. The predicted molar refractivity (Wildman–Crippen MR) is 97.6 cm³/mol. The summed E-state index contributed by atoms with van der Waals surface area (Å²) in [5, 5.41) is 17.6. The molecular weight excluding hydrogens is 353 g/mol. The summed E-state index contributed by atoms with van der Waals surface area (Å²) >= 11 is 0. The number of benzene rings is 1. The van der Waals surface area contributed by atoms with Crippen molar-refractivity contribution in [3.05, 3.63) is 42.2 Å². The van der Waals surface area contributed by atoms with Crippen LogP contribution >= 0.6 is 0 Å². The van der Waals surface area contributed by atoms with Crippen molar-refractivity contribution in [3.63, 3.8) is 0 Å². The molecule has 3 amide bonds. The molecule has 1 heterocycles. The molecule has 3 atom stereocenters. The first-order valence-corrected chi connectivity index (χ1v) is 9.08. The van der Waals surface area contributed by atoms with E-state index in [0.29, 0.717) is 18.2 Å². The maximum absolute atomic E-state index is 13.2. The van der Waals surface area contributed by atoms with Gasteiger partial charge in [0.25, 0.3) is 0 Å². The Hall–Kier alpha value is -2.45. The van der Waals surface area contributed by atoms with Crippen molar-refractivity contribution in [1.29, 1.82) is 0 Å². The molecule has 2 aliphatic rings. The lowest BCUT2D eigenvalue weighted by atomic mass is 10.0. The lowest BCUT2D eigenvalue weighted by Crippen LogP contribution is -2.50. The largest absolute Gasteiger partial charge is 0.394 e. The number of aliphatic hydroxyl groups excluding tert-OH is 1. The van der Waals surface area contributed by atoms with E-state index in [1.165, 1.54) is 18.2 Å². The third-order valence-electron chi connectivity index (χ3n) is 4.51. The molecule has 1 saturated carbocycles. The average Bonchev–Trinajstić information content (AvgIpc) is 3.45. The maximum atomic E-state index is 13.2. The molecule has 146 valence electrons. The number of carbonyl (C=O) groups is 2. The van der Waals surface area contributed by atoms with Crippen molar-refractivity contribution in [2.75, 3.05) is 18.5 Å². The van der Waals surface area contributed by atoms with E-state index in [2.05, 4.69) is 16.0 Å². The van der Waals surface area contributed by atoms with Crippen molar-refractivity contribution in [1.82, 2.24) is 10.6 Å². The number of halogens is 1. The van der Waals surface area contributed by atoms with Gasteiger partial charge in [-0.1, -0.05) is 18.2 Å². The van der Waals surface area contributed by atoms with Gasteiger partial charge in [0.2, 0.25) is 5.91 Å². The Morgan fingerprint density at radius 1 is 1.26 bits per heavy atom. The zero-order valence-electron chi connectivity index (χ0n) is 14.9. The van der Waals surface area contributed by atoms with Gasteiger partial charge in [-0.25, -0.2) is 9.18 Å². The monoisotopic (exact) mass is 377 g/mol. The highest BCUT2D eigenvalue weighted by Crippen LogP contribution is 2.27. The van der Waals surface area contributed by atoms with Gasteiger partial charge < -0.3 is 25.8 Å². The van der Waals surface area contributed by atoms with Crippen LogP contribution in [0, 0.1) is 11.7 Å². The highest BCUT2D eigenvalue weighted by atomic mass is 19.1. The number of hydrogen-bond donors (Lipinski definition) is 4. The summed E-state index contributed by atoms with van der Waals surface area (Å²) < 4.78 is 18.9. The van der Waals surface area contributed by atoms with Crippen LogP contribution in [0.25, 0.3) is 0 Å². The summed E-state index contributed by atoms with van der Waals surface area (Å²) in [6, 6.07) is 4.43. The second-order valence-corrected chi connectivity index (χ2v) is 6.87. The molecule has 3 rings (SSSR count). The first-order valence-electron chi connectivity index (χ1n) is 9.08. The smallest absolute Gasteiger partial charge is 0.319 e. The van der Waals surface area contributed by atoms with Crippen LogP contribution in [0.4, 0.5) is 14.9 Å². The molecule has 0 unspecified atom stereocenters. The van der Waals surface area contributed by atoms with Crippen LogP contribution < -0.4 is 16.0 Å². The van der Waals surface area contributed by atoms with E-state index >= 15 is 0 Å². The number of anilines is 1. The molecule has 4 N–H and O–H groups in total. The van der Waals surface area contributed by atoms with E-state index < -0.39 is 30.1 Å². The number of ether oxygens (including phenoxy) is 1. The number of nitrogens with one attached hydrogen (secondary N) is 3. The number of aliphatic hydroxyl groups is 1. The Morgan fingerprint density at radius 3 is 2.78 bits per heavy atom. The number of hydrogen-bond acceptors (Lipinski definition) is 4. The topological polar surface area (TPSA) is 99.7 Å². The van der Waals surface area contributed by atoms with Crippen LogP contribution in [-0.2, 0) is 9.53 Å². The van der Waals surface area contributed by atoms with E-state index in [1.807, 2.05) is 0 Å². The van der Waals surface area contributed by atoms with Crippen molar-refractivity contribution in [2.45, 2.75) is 37.5 Å². The molecule has 1 fully saturated rings. The normalized spacial score (nSPS) is 24.3. The highest BCUT2D eigenvalue weighted by Gasteiger charge is 2.29. The van der Waals surface area contributed by atoms with Crippen LogP contribution in [0.5, 0.6) is 0 Å². The molecule has 1 aliphatic carbocycles. The second-order valence-electron chi connectivity index (χ2n) is 6.87. The van der Waals surface area contributed by atoms with Gasteiger partial charge in [0.1, 0.15) is 11.9 Å². The highest BCUT2D eigenvalue weighted by molar-refractivity contribution is 5.89. The van der Waals surface area contributed by atoms with E-state index in [4.69, 9.17) is 4.74 Å². The summed E-state index contributed by atoms with van der Waals surface area (Å²) in [7, 11) is 0. The van der Waals surface area contributed by atoms with Gasteiger partial charge in [-0.2, -0.15) is 0 Å². The third kappa shape index (κ3) is 6.04. The fourth-order valence-electron chi connectivity index (χ4n) is 2.86. The van der Waals surface area contributed by atoms with Crippen LogP contribution in [0.2, 0.25) is 0 Å². The van der Waals surface area contributed by atoms with E-state index in [1.54, 1.807) is 18.2 Å². The van der Waals surface area contributed by atoms with Crippen LogP contribution in [0.15, 0.2) is 36.4 Å².